The quantitative estimate of drug-likeness (QED) is 0.825. The number of rotatable bonds is 2. The predicted octanol–water partition coefficient (Wildman–Crippen LogP) is 2.18. The average Bonchev–Trinajstić information content (AvgIpc) is 2.30. The molecule has 0 saturated carbocycles. The van der Waals surface area contributed by atoms with Gasteiger partial charge in [-0.2, -0.15) is 4.98 Å². The van der Waals surface area contributed by atoms with E-state index >= 15 is 0 Å². The summed E-state index contributed by atoms with van der Waals surface area (Å²) in [4.78, 5) is 8.26. The molecule has 0 unspecified atom stereocenters. The minimum absolute atomic E-state index is 0.232. The summed E-state index contributed by atoms with van der Waals surface area (Å²) in [5, 5.41) is 0. The molecular formula is C13H16N4. The molecular weight excluding hydrogens is 212 g/mol. The first-order valence-corrected chi connectivity index (χ1v) is 5.60. The fraction of sp³-hybridized carbons (Fsp3) is 0.231. The second-order valence-electron chi connectivity index (χ2n) is 4.01. The fourth-order valence-corrected chi connectivity index (χ4v) is 1.84. The van der Waals surface area contributed by atoms with Gasteiger partial charge in [-0.1, -0.05) is 36.8 Å². The summed E-state index contributed by atoms with van der Waals surface area (Å²) in [7, 11) is 0. The molecule has 0 saturated heterocycles. The van der Waals surface area contributed by atoms with Gasteiger partial charge in [-0.25, -0.2) is 4.98 Å². The summed E-state index contributed by atoms with van der Waals surface area (Å²) in [5.41, 5.74) is 15.6. The molecule has 4 N–H and O–H groups in total. The molecule has 88 valence electrons. The Morgan fingerprint density at radius 2 is 1.71 bits per heavy atom. The summed E-state index contributed by atoms with van der Waals surface area (Å²) < 4.78 is 0. The van der Waals surface area contributed by atoms with Gasteiger partial charge in [0.1, 0.15) is 5.82 Å². The van der Waals surface area contributed by atoms with E-state index in [0.717, 1.165) is 23.2 Å². The third-order valence-electron chi connectivity index (χ3n) is 2.70. The zero-order valence-corrected chi connectivity index (χ0v) is 10.1. The fourth-order valence-electron chi connectivity index (χ4n) is 1.84. The van der Waals surface area contributed by atoms with Crippen molar-refractivity contribution in [2.24, 2.45) is 0 Å². The van der Waals surface area contributed by atoms with Crippen LogP contribution in [0.25, 0.3) is 11.1 Å². The Balaban J connectivity index is 2.61. The van der Waals surface area contributed by atoms with Crippen molar-refractivity contribution in [3.63, 3.8) is 0 Å². The number of benzene rings is 1. The van der Waals surface area contributed by atoms with Gasteiger partial charge in [0, 0.05) is 5.56 Å². The van der Waals surface area contributed by atoms with Crippen LogP contribution in [0, 0.1) is 6.92 Å². The third-order valence-corrected chi connectivity index (χ3v) is 2.70. The Hall–Kier alpha value is -2.10. The summed E-state index contributed by atoms with van der Waals surface area (Å²) in [6.07, 6.45) is 0.778. The Bertz CT molecular complexity index is 532. The van der Waals surface area contributed by atoms with E-state index in [-0.39, 0.29) is 5.95 Å². The number of hydrogen-bond donors (Lipinski definition) is 2. The van der Waals surface area contributed by atoms with Crippen LogP contribution in [-0.4, -0.2) is 9.97 Å². The molecule has 0 aliphatic carbocycles. The largest absolute Gasteiger partial charge is 0.383 e. The summed E-state index contributed by atoms with van der Waals surface area (Å²) in [5.74, 6) is 0.674. The van der Waals surface area contributed by atoms with Gasteiger partial charge in [0.2, 0.25) is 5.95 Å². The van der Waals surface area contributed by atoms with Crippen LogP contribution < -0.4 is 11.5 Å². The molecule has 17 heavy (non-hydrogen) atoms. The molecule has 0 atom stereocenters. The SMILES string of the molecule is CCc1nc(N)nc(N)c1-c1ccc(C)cc1. The molecule has 0 amide bonds. The monoisotopic (exact) mass is 228 g/mol. The minimum atomic E-state index is 0.232. The van der Waals surface area contributed by atoms with Crippen LogP contribution in [0.15, 0.2) is 24.3 Å². The van der Waals surface area contributed by atoms with Crippen LogP contribution in [0.5, 0.6) is 0 Å². The molecule has 0 fully saturated rings. The first kappa shape index (κ1) is 11.4. The summed E-state index contributed by atoms with van der Waals surface area (Å²) >= 11 is 0. The van der Waals surface area contributed by atoms with E-state index in [4.69, 9.17) is 11.5 Å². The highest BCUT2D eigenvalue weighted by Crippen LogP contribution is 2.28. The van der Waals surface area contributed by atoms with E-state index in [0.29, 0.717) is 5.82 Å². The van der Waals surface area contributed by atoms with Gasteiger partial charge >= 0.3 is 0 Å². The van der Waals surface area contributed by atoms with Crippen LogP contribution in [0.3, 0.4) is 0 Å². The van der Waals surface area contributed by atoms with Crippen LogP contribution in [-0.2, 0) is 6.42 Å². The number of aromatic nitrogens is 2. The maximum Gasteiger partial charge on any atom is 0.222 e. The third kappa shape index (κ3) is 2.20. The standard InChI is InChI=1S/C13H16N4/c1-3-10-11(12(14)17-13(15)16-10)9-6-4-8(2)5-7-9/h4-7H,3H2,1-2H3,(H4,14,15,16,17). The van der Waals surface area contributed by atoms with Crippen LogP contribution in [0.4, 0.5) is 11.8 Å². The second-order valence-corrected chi connectivity index (χ2v) is 4.01. The zero-order chi connectivity index (χ0) is 12.4. The van der Waals surface area contributed by atoms with Crippen molar-refractivity contribution in [3.8, 4) is 11.1 Å². The maximum atomic E-state index is 5.94. The van der Waals surface area contributed by atoms with E-state index in [9.17, 15) is 0 Å². The van der Waals surface area contributed by atoms with Gasteiger partial charge in [-0.3, -0.25) is 0 Å². The molecule has 2 aromatic rings. The molecule has 4 heteroatoms. The van der Waals surface area contributed by atoms with Crippen LogP contribution in [0.1, 0.15) is 18.2 Å². The maximum absolute atomic E-state index is 5.94. The molecule has 1 aromatic carbocycles. The highest BCUT2D eigenvalue weighted by Gasteiger charge is 2.11. The normalized spacial score (nSPS) is 10.5. The van der Waals surface area contributed by atoms with E-state index in [1.54, 1.807) is 0 Å². The van der Waals surface area contributed by atoms with E-state index in [2.05, 4.69) is 9.97 Å². The lowest BCUT2D eigenvalue weighted by atomic mass is 10.0. The van der Waals surface area contributed by atoms with Crippen molar-refractivity contribution in [2.45, 2.75) is 20.3 Å². The van der Waals surface area contributed by atoms with Crippen molar-refractivity contribution in [3.05, 3.63) is 35.5 Å². The molecule has 2 rings (SSSR count). The molecule has 0 aliphatic rings. The number of anilines is 2. The molecule has 0 radical (unpaired) electrons. The highest BCUT2D eigenvalue weighted by atomic mass is 15.0. The second kappa shape index (κ2) is 4.41. The lowest BCUT2D eigenvalue weighted by molar-refractivity contribution is 1.02. The van der Waals surface area contributed by atoms with Gasteiger partial charge < -0.3 is 11.5 Å². The number of nitrogens with two attached hydrogens (primary N) is 2. The highest BCUT2D eigenvalue weighted by molar-refractivity contribution is 5.76. The average molecular weight is 228 g/mol. The van der Waals surface area contributed by atoms with Crippen LogP contribution in [0.2, 0.25) is 0 Å². The molecule has 0 bridgehead atoms. The van der Waals surface area contributed by atoms with Crippen LogP contribution >= 0.6 is 0 Å². The van der Waals surface area contributed by atoms with Crippen molar-refractivity contribution in [1.29, 1.82) is 0 Å². The lowest BCUT2D eigenvalue weighted by Crippen LogP contribution is -2.06. The minimum Gasteiger partial charge on any atom is -0.383 e. The van der Waals surface area contributed by atoms with Gasteiger partial charge in [0.25, 0.3) is 0 Å². The van der Waals surface area contributed by atoms with E-state index < -0.39 is 0 Å². The Labute approximate surface area is 101 Å². The van der Waals surface area contributed by atoms with Gasteiger partial charge in [-0.05, 0) is 18.9 Å². The number of aryl methyl sites for hydroxylation is 2. The number of nitrogens with zero attached hydrogens (tertiary/aromatic N) is 2. The molecule has 1 aromatic heterocycles. The Kier molecular flexibility index (Phi) is 2.95. The smallest absolute Gasteiger partial charge is 0.222 e. The van der Waals surface area contributed by atoms with E-state index in [1.165, 1.54) is 5.56 Å². The van der Waals surface area contributed by atoms with E-state index in [1.807, 2.05) is 38.1 Å². The van der Waals surface area contributed by atoms with Crippen molar-refractivity contribution >= 4 is 11.8 Å². The molecule has 4 nitrogen and oxygen atoms in total. The van der Waals surface area contributed by atoms with Crippen molar-refractivity contribution in [2.75, 3.05) is 11.5 Å². The molecule has 0 spiro atoms. The molecule has 1 heterocycles. The number of nitrogen functional groups attached to an aromatic ring is 2. The first-order valence-electron chi connectivity index (χ1n) is 5.60. The first-order chi connectivity index (χ1) is 8.11. The van der Waals surface area contributed by atoms with Gasteiger partial charge in [-0.15, -0.1) is 0 Å². The Morgan fingerprint density at radius 3 is 2.29 bits per heavy atom. The number of hydrogen-bond acceptors (Lipinski definition) is 4. The lowest BCUT2D eigenvalue weighted by Gasteiger charge is -2.10. The zero-order valence-electron chi connectivity index (χ0n) is 10.1. The molecule has 0 aliphatic heterocycles. The predicted molar refractivity (Wildman–Crippen MR) is 70.4 cm³/mol. The Morgan fingerprint density at radius 1 is 1.06 bits per heavy atom. The van der Waals surface area contributed by atoms with Gasteiger partial charge in [0.15, 0.2) is 0 Å². The van der Waals surface area contributed by atoms with Crippen molar-refractivity contribution in [1.82, 2.24) is 9.97 Å². The van der Waals surface area contributed by atoms with Gasteiger partial charge in [0.05, 0.1) is 5.69 Å². The van der Waals surface area contributed by atoms with Crippen molar-refractivity contribution < 1.29 is 0 Å². The topological polar surface area (TPSA) is 77.8 Å². The summed E-state index contributed by atoms with van der Waals surface area (Å²) in [6, 6.07) is 8.15. The summed E-state index contributed by atoms with van der Waals surface area (Å²) in [6.45, 7) is 4.08.